The predicted octanol–water partition coefficient (Wildman–Crippen LogP) is 1.30. The Balaban J connectivity index is 2.30. The Morgan fingerprint density at radius 2 is 2.41 bits per heavy atom. The first kappa shape index (κ1) is 11.4. The standard InChI is InChI=1S/C11H8ClN3O2/c1-17-11(16)4-2-3-8-7-13-10-6-5-9(12)14-15(8)10/h5-7H,4H2,1H3. The highest BCUT2D eigenvalue weighted by Gasteiger charge is 2.02. The Bertz CT molecular complexity index is 624. The summed E-state index contributed by atoms with van der Waals surface area (Å²) in [6.07, 6.45) is 1.60. The lowest BCUT2D eigenvalue weighted by Crippen LogP contribution is -1.98. The molecule has 0 bridgehead atoms. The third-order valence-corrected chi connectivity index (χ3v) is 2.21. The summed E-state index contributed by atoms with van der Waals surface area (Å²) in [5.74, 6) is 5.09. The van der Waals surface area contributed by atoms with Gasteiger partial charge in [-0.05, 0) is 18.1 Å². The lowest BCUT2D eigenvalue weighted by Gasteiger charge is -1.94. The summed E-state index contributed by atoms with van der Waals surface area (Å²) in [5, 5.41) is 4.41. The fraction of sp³-hybridized carbons (Fsp3) is 0.182. The second-order valence-corrected chi connectivity index (χ2v) is 3.51. The van der Waals surface area contributed by atoms with Crippen LogP contribution in [0.4, 0.5) is 0 Å². The van der Waals surface area contributed by atoms with Gasteiger partial charge in [-0.1, -0.05) is 17.5 Å². The molecule has 6 heteroatoms. The largest absolute Gasteiger partial charge is 0.468 e. The van der Waals surface area contributed by atoms with E-state index in [0.29, 0.717) is 16.5 Å². The maximum Gasteiger partial charge on any atom is 0.317 e. The molecule has 0 atom stereocenters. The van der Waals surface area contributed by atoms with Crippen molar-refractivity contribution in [2.75, 3.05) is 7.11 Å². The van der Waals surface area contributed by atoms with E-state index in [1.54, 1.807) is 18.3 Å². The van der Waals surface area contributed by atoms with Crippen LogP contribution in [0.15, 0.2) is 18.3 Å². The molecule has 0 amide bonds. The molecular weight excluding hydrogens is 242 g/mol. The summed E-state index contributed by atoms with van der Waals surface area (Å²) in [7, 11) is 1.32. The number of rotatable bonds is 1. The van der Waals surface area contributed by atoms with Crippen LogP contribution in [0.1, 0.15) is 12.1 Å². The Labute approximate surface area is 102 Å². The molecule has 2 aromatic rings. The number of ether oxygens (including phenoxy) is 1. The first-order valence-electron chi connectivity index (χ1n) is 4.76. The number of imidazole rings is 1. The van der Waals surface area contributed by atoms with Crippen molar-refractivity contribution < 1.29 is 9.53 Å². The number of hydrogen-bond donors (Lipinski definition) is 0. The molecule has 86 valence electrons. The van der Waals surface area contributed by atoms with E-state index in [4.69, 9.17) is 11.6 Å². The smallest absolute Gasteiger partial charge is 0.317 e. The molecule has 0 aliphatic carbocycles. The summed E-state index contributed by atoms with van der Waals surface area (Å²) >= 11 is 5.77. The number of hydrogen-bond acceptors (Lipinski definition) is 4. The van der Waals surface area contributed by atoms with Crippen LogP contribution in [-0.4, -0.2) is 27.7 Å². The van der Waals surface area contributed by atoms with Gasteiger partial charge in [0, 0.05) is 0 Å². The number of nitrogens with zero attached hydrogens (tertiary/aromatic N) is 3. The fourth-order valence-corrected chi connectivity index (χ4v) is 1.35. The molecule has 0 saturated heterocycles. The lowest BCUT2D eigenvalue weighted by molar-refractivity contribution is -0.139. The summed E-state index contributed by atoms with van der Waals surface area (Å²) in [6, 6.07) is 3.39. The highest BCUT2D eigenvalue weighted by atomic mass is 35.5. The minimum atomic E-state index is -0.377. The SMILES string of the molecule is COC(=O)CC#Cc1cnc2ccc(Cl)nn12. The molecule has 0 aromatic carbocycles. The number of aromatic nitrogens is 3. The highest BCUT2D eigenvalue weighted by molar-refractivity contribution is 6.29. The van der Waals surface area contributed by atoms with Gasteiger partial charge in [0.15, 0.2) is 5.65 Å². The number of carbonyl (C=O) groups excluding carboxylic acids is 1. The normalized spacial score (nSPS) is 9.76. The minimum absolute atomic E-state index is 0.0320. The zero-order valence-electron chi connectivity index (χ0n) is 8.98. The summed E-state index contributed by atoms with van der Waals surface area (Å²) in [6.45, 7) is 0. The van der Waals surface area contributed by atoms with E-state index < -0.39 is 0 Å². The Morgan fingerprint density at radius 1 is 1.59 bits per heavy atom. The van der Waals surface area contributed by atoms with Gasteiger partial charge in [-0.25, -0.2) is 9.50 Å². The van der Waals surface area contributed by atoms with E-state index in [1.807, 2.05) is 0 Å². The molecule has 0 spiro atoms. The zero-order valence-corrected chi connectivity index (χ0v) is 9.73. The van der Waals surface area contributed by atoms with E-state index in [9.17, 15) is 4.79 Å². The van der Waals surface area contributed by atoms with Crippen molar-refractivity contribution in [3.8, 4) is 11.8 Å². The van der Waals surface area contributed by atoms with Crippen molar-refractivity contribution in [2.45, 2.75) is 6.42 Å². The first-order valence-corrected chi connectivity index (χ1v) is 5.14. The predicted molar refractivity (Wildman–Crippen MR) is 61.5 cm³/mol. The van der Waals surface area contributed by atoms with Gasteiger partial charge in [0.1, 0.15) is 17.3 Å². The van der Waals surface area contributed by atoms with Crippen LogP contribution in [0, 0.1) is 11.8 Å². The van der Waals surface area contributed by atoms with Gasteiger partial charge >= 0.3 is 5.97 Å². The quantitative estimate of drug-likeness (QED) is 0.565. The third-order valence-electron chi connectivity index (χ3n) is 2.01. The molecule has 0 saturated carbocycles. The van der Waals surface area contributed by atoms with Gasteiger partial charge < -0.3 is 4.74 Å². The molecule has 17 heavy (non-hydrogen) atoms. The van der Waals surface area contributed by atoms with Crippen molar-refractivity contribution >= 4 is 23.2 Å². The second-order valence-electron chi connectivity index (χ2n) is 3.12. The monoisotopic (exact) mass is 249 g/mol. The average Bonchev–Trinajstić information content (AvgIpc) is 2.72. The van der Waals surface area contributed by atoms with Crippen molar-refractivity contribution in [3.63, 3.8) is 0 Å². The van der Waals surface area contributed by atoms with E-state index >= 15 is 0 Å². The van der Waals surface area contributed by atoms with Crippen molar-refractivity contribution in [3.05, 3.63) is 29.2 Å². The van der Waals surface area contributed by atoms with Gasteiger partial charge in [-0.15, -0.1) is 0 Å². The Kier molecular flexibility index (Phi) is 3.26. The van der Waals surface area contributed by atoms with Crippen molar-refractivity contribution in [2.24, 2.45) is 0 Å². The molecular formula is C11H8ClN3O2. The number of methoxy groups -OCH3 is 1. The van der Waals surface area contributed by atoms with E-state index in [2.05, 4.69) is 26.7 Å². The molecule has 2 heterocycles. The maximum absolute atomic E-state index is 10.9. The molecule has 0 radical (unpaired) electrons. The number of halogens is 1. The van der Waals surface area contributed by atoms with Crippen LogP contribution in [0.25, 0.3) is 5.65 Å². The van der Waals surface area contributed by atoms with Gasteiger partial charge in [-0.2, -0.15) is 5.10 Å². The van der Waals surface area contributed by atoms with Crippen molar-refractivity contribution in [1.82, 2.24) is 14.6 Å². The van der Waals surface area contributed by atoms with Crippen LogP contribution in [-0.2, 0) is 9.53 Å². The van der Waals surface area contributed by atoms with E-state index in [-0.39, 0.29) is 12.4 Å². The third kappa shape index (κ3) is 2.55. The molecule has 0 aliphatic heterocycles. The second kappa shape index (κ2) is 4.85. The number of carbonyl (C=O) groups is 1. The molecule has 0 aliphatic rings. The number of fused-ring (bicyclic) bond motifs is 1. The molecule has 0 unspecified atom stereocenters. The van der Waals surface area contributed by atoms with Gasteiger partial charge in [0.2, 0.25) is 0 Å². The molecule has 2 rings (SSSR count). The van der Waals surface area contributed by atoms with Gasteiger partial charge in [0.05, 0.1) is 13.3 Å². The van der Waals surface area contributed by atoms with Crippen LogP contribution >= 0.6 is 11.6 Å². The van der Waals surface area contributed by atoms with E-state index in [1.165, 1.54) is 11.6 Å². The van der Waals surface area contributed by atoms with Gasteiger partial charge in [0.25, 0.3) is 0 Å². The fourth-order valence-electron chi connectivity index (χ4n) is 1.22. The van der Waals surface area contributed by atoms with E-state index in [0.717, 1.165) is 0 Å². The first-order chi connectivity index (χ1) is 8.20. The minimum Gasteiger partial charge on any atom is -0.468 e. The summed E-state index contributed by atoms with van der Waals surface area (Å²) in [4.78, 5) is 15.0. The van der Waals surface area contributed by atoms with Crippen molar-refractivity contribution in [1.29, 1.82) is 0 Å². The average molecular weight is 250 g/mol. The van der Waals surface area contributed by atoms with Gasteiger partial charge in [-0.3, -0.25) is 4.79 Å². The zero-order chi connectivity index (χ0) is 12.3. The number of esters is 1. The highest BCUT2D eigenvalue weighted by Crippen LogP contribution is 2.08. The molecule has 0 N–H and O–H groups in total. The topological polar surface area (TPSA) is 56.5 Å². The van der Waals surface area contributed by atoms with Crippen LogP contribution < -0.4 is 0 Å². The maximum atomic E-state index is 10.9. The van der Waals surface area contributed by atoms with Crippen LogP contribution in [0.5, 0.6) is 0 Å². The summed E-state index contributed by atoms with van der Waals surface area (Å²) < 4.78 is 6.00. The lowest BCUT2D eigenvalue weighted by atomic mass is 10.4. The Morgan fingerprint density at radius 3 is 3.18 bits per heavy atom. The molecule has 5 nitrogen and oxygen atoms in total. The van der Waals surface area contributed by atoms with Crippen LogP contribution in [0.2, 0.25) is 5.15 Å². The Hall–Kier alpha value is -2.06. The molecule has 2 aromatic heterocycles. The van der Waals surface area contributed by atoms with Crippen LogP contribution in [0.3, 0.4) is 0 Å². The summed E-state index contributed by atoms with van der Waals surface area (Å²) in [5.41, 5.74) is 1.23. The molecule has 0 fully saturated rings.